The predicted octanol–water partition coefficient (Wildman–Crippen LogP) is 0.835. The number of rotatable bonds is 6. The summed E-state index contributed by atoms with van der Waals surface area (Å²) in [7, 11) is -0.712. The number of hydrogen-bond acceptors (Lipinski definition) is 3. The van der Waals surface area contributed by atoms with Gasteiger partial charge in [-0.1, -0.05) is 6.92 Å². The summed E-state index contributed by atoms with van der Waals surface area (Å²) in [5.41, 5.74) is 5.38. The van der Waals surface area contributed by atoms with E-state index in [9.17, 15) is 4.21 Å². The van der Waals surface area contributed by atoms with Gasteiger partial charge in [-0.25, -0.2) is 0 Å². The molecule has 2 N–H and O–H groups in total. The molecule has 0 radical (unpaired) electrons. The SMILES string of the molecule is CCSCCS(=O)C(C)CN. The zero-order chi connectivity index (χ0) is 8.69. The van der Waals surface area contributed by atoms with Gasteiger partial charge in [0.15, 0.2) is 0 Å². The third-order valence-electron chi connectivity index (χ3n) is 1.41. The summed E-state index contributed by atoms with van der Waals surface area (Å²) in [5.74, 6) is 2.89. The Hall–Kier alpha value is 0.460. The van der Waals surface area contributed by atoms with Crippen LogP contribution < -0.4 is 5.73 Å². The van der Waals surface area contributed by atoms with E-state index in [2.05, 4.69) is 6.92 Å². The molecule has 0 aromatic carbocycles. The van der Waals surface area contributed by atoms with Crippen molar-refractivity contribution in [2.45, 2.75) is 19.1 Å². The van der Waals surface area contributed by atoms with Gasteiger partial charge in [0.1, 0.15) is 0 Å². The summed E-state index contributed by atoms with van der Waals surface area (Å²) >= 11 is 1.83. The minimum atomic E-state index is -0.712. The van der Waals surface area contributed by atoms with Crippen LogP contribution in [-0.2, 0) is 10.8 Å². The molecule has 0 bridgehead atoms. The van der Waals surface area contributed by atoms with E-state index in [1.807, 2.05) is 18.7 Å². The fourth-order valence-corrected chi connectivity index (χ4v) is 2.63. The Bertz CT molecular complexity index is 119. The van der Waals surface area contributed by atoms with Crippen molar-refractivity contribution in [3.8, 4) is 0 Å². The van der Waals surface area contributed by atoms with Crippen molar-refractivity contribution in [3.05, 3.63) is 0 Å². The summed E-state index contributed by atoms with van der Waals surface area (Å²) in [6.07, 6.45) is 0. The van der Waals surface area contributed by atoms with Gasteiger partial charge < -0.3 is 5.73 Å². The molecule has 0 aromatic rings. The van der Waals surface area contributed by atoms with Crippen molar-refractivity contribution in [2.75, 3.05) is 23.8 Å². The molecule has 0 aromatic heterocycles. The molecule has 4 heteroatoms. The van der Waals surface area contributed by atoms with Crippen molar-refractivity contribution in [2.24, 2.45) is 5.73 Å². The Morgan fingerprint density at radius 3 is 2.73 bits per heavy atom. The molecule has 0 heterocycles. The molecular weight excluding hydrogens is 178 g/mol. The smallest absolute Gasteiger partial charge is 0.0442 e. The third kappa shape index (κ3) is 5.70. The Kier molecular flexibility index (Phi) is 7.43. The lowest BCUT2D eigenvalue weighted by Crippen LogP contribution is -2.24. The van der Waals surface area contributed by atoms with E-state index in [1.165, 1.54) is 0 Å². The molecule has 0 rings (SSSR count). The van der Waals surface area contributed by atoms with Crippen LogP contribution in [0.4, 0.5) is 0 Å². The van der Waals surface area contributed by atoms with Gasteiger partial charge in [0, 0.05) is 34.1 Å². The molecule has 0 saturated heterocycles. The van der Waals surface area contributed by atoms with Gasteiger partial charge in [0.2, 0.25) is 0 Å². The summed E-state index contributed by atoms with van der Waals surface area (Å²) in [6, 6.07) is 0. The lowest BCUT2D eigenvalue weighted by Gasteiger charge is -2.07. The molecule has 0 amide bonds. The minimum Gasteiger partial charge on any atom is -0.329 e. The Labute approximate surface area is 75.8 Å². The van der Waals surface area contributed by atoms with Gasteiger partial charge in [0.25, 0.3) is 0 Å². The Morgan fingerprint density at radius 2 is 2.27 bits per heavy atom. The summed E-state index contributed by atoms with van der Waals surface area (Å²) < 4.78 is 11.3. The number of thioether (sulfide) groups is 1. The van der Waals surface area contributed by atoms with E-state index in [0.29, 0.717) is 6.54 Å². The van der Waals surface area contributed by atoms with Gasteiger partial charge >= 0.3 is 0 Å². The first-order valence-corrected chi connectivity index (χ1v) is 6.41. The molecule has 2 nitrogen and oxygen atoms in total. The Balaban J connectivity index is 3.36. The van der Waals surface area contributed by atoms with Crippen LogP contribution in [0.15, 0.2) is 0 Å². The highest BCUT2D eigenvalue weighted by atomic mass is 32.2. The zero-order valence-corrected chi connectivity index (χ0v) is 8.84. The standard InChI is InChI=1S/C7H17NOS2/c1-3-10-4-5-11(9)7(2)6-8/h7H,3-6,8H2,1-2H3. The van der Waals surface area contributed by atoms with Gasteiger partial charge in [0.05, 0.1) is 0 Å². The lowest BCUT2D eigenvalue weighted by atomic mass is 10.5. The lowest BCUT2D eigenvalue weighted by molar-refractivity contribution is 0.674. The van der Waals surface area contributed by atoms with Crippen LogP contribution in [0, 0.1) is 0 Å². The van der Waals surface area contributed by atoms with E-state index in [1.54, 1.807) is 0 Å². The van der Waals surface area contributed by atoms with E-state index < -0.39 is 10.8 Å². The van der Waals surface area contributed by atoms with Crippen molar-refractivity contribution in [1.29, 1.82) is 0 Å². The van der Waals surface area contributed by atoms with E-state index in [-0.39, 0.29) is 5.25 Å². The fourth-order valence-electron chi connectivity index (χ4n) is 0.594. The molecule has 2 unspecified atom stereocenters. The van der Waals surface area contributed by atoms with E-state index >= 15 is 0 Å². The van der Waals surface area contributed by atoms with Crippen molar-refractivity contribution >= 4 is 22.6 Å². The van der Waals surface area contributed by atoms with Gasteiger partial charge in [-0.05, 0) is 12.7 Å². The van der Waals surface area contributed by atoms with Crippen LogP contribution in [-0.4, -0.2) is 33.3 Å². The Morgan fingerprint density at radius 1 is 1.64 bits per heavy atom. The molecule has 0 saturated carbocycles. The summed E-state index contributed by atoms with van der Waals surface area (Å²) in [6.45, 7) is 4.58. The van der Waals surface area contributed by atoms with Crippen molar-refractivity contribution in [3.63, 3.8) is 0 Å². The van der Waals surface area contributed by atoms with Crippen molar-refractivity contribution in [1.82, 2.24) is 0 Å². The maximum Gasteiger partial charge on any atom is 0.0442 e. The molecule has 0 aliphatic carbocycles. The van der Waals surface area contributed by atoms with Crippen LogP contribution in [0.5, 0.6) is 0 Å². The normalized spacial score (nSPS) is 16.3. The van der Waals surface area contributed by atoms with E-state index in [4.69, 9.17) is 5.73 Å². The van der Waals surface area contributed by atoms with Crippen LogP contribution in [0.3, 0.4) is 0 Å². The first kappa shape index (κ1) is 11.5. The third-order valence-corrected chi connectivity index (χ3v) is 4.27. The van der Waals surface area contributed by atoms with Crippen LogP contribution in [0.1, 0.15) is 13.8 Å². The second kappa shape index (κ2) is 7.13. The first-order valence-electron chi connectivity index (χ1n) is 3.87. The summed E-state index contributed by atoms with van der Waals surface area (Å²) in [4.78, 5) is 0. The molecule has 0 aliphatic rings. The molecule has 0 spiro atoms. The minimum absolute atomic E-state index is 0.160. The quantitative estimate of drug-likeness (QED) is 0.639. The topological polar surface area (TPSA) is 43.1 Å². The van der Waals surface area contributed by atoms with Gasteiger partial charge in [-0.3, -0.25) is 4.21 Å². The maximum absolute atomic E-state index is 11.3. The van der Waals surface area contributed by atoms with Crippen molar-refractivity contribution < 1.29 is 4.21 Å². The second-order valence-electron chi connectivity index (χ2n) is 2.33. The first-order chi connectivity index (χ1) is 5.22. The number of hydrogen-bond donors (Lipinski definition) is 1. The molecule has 68 valence electrons. The average molecular weight is 195 g/mol. The molecule has 0 fully saturated rings. The molecule has 11 heavy (non-hydrogen) atoms. The van der Waals surface area contributed by atoms with Gasteiger partial charge in [-0.2, -0.15) is 11.8 Å². The fraction of sp³-hybridized carbons (Fsp3) is 1.00. The van der Waals surface area contributed by atoms with Crippen LogP contribution in [0.2, 0.25) is 0 Å². The largest absolute Gasteiger partial charge is 0.329 e. The zero-order valence-electron chi connectivity index (χ0n) is 7.21. The predicted molar refractivity (Wildman–Crippen MR) is 54.5 cm³/mol. The molecular formula is C7H17NOS2. The van der Waals surface area contributed by atoms with E-state index in [0.717, 1.165) is 17.3 Å². The molecule has 0 aliphatic heterocycles. The van der Waals surface area contributed by atoms with Crippen LogP contribution in [0.25, 0.3) is 0 Å². The summed E-state index contributed by atoms with van der Waals surface area (Å²) in [5, 5.41) is 0.160. The highest BCUT2D eigenvalue weighted by Gasteiger charge is 2.07. The second-order valence-corrected chi connectivity index (χ2v) is 5.70. The highest BCUT2D eigenvalue weighted by Crippen LogP contribution is 2.01. The monoisotopic (exact) mass is 195 g/mol. The average Bonchev–Trinajstić information content (AvgIpc) is 2.03. The highest BCUT2D eigenvalue weighted by molar-refractivity contribution is 8.00. The number of nitrogens with two attached hydrogens (primary N) is 1. The maximum atomic E-state index is 11.3. The van der Waals surface area contributed by atoms with Crippen LogP contribution >= 0.6 is 11.8 Å². The van der Waals surface area contributed by atoms with Gasteiger partial charge in [-0.15, -0.1) is 0 Å². The molecule has 2 atom stereocenters.